The van der Waals surface area contributed by atoms with Gasteiger partial charge in [0.1, 0.15) is 5.82 Å². The fourth-order valence-electron chi connectivity index (χ4n) is 2.39. The second kappa shape index (κ2) is 5.10. The molecule has 0 aromatic heterocycles. The minimum Gasteiger partial charge on any atom is -0.312 e. The summed E-state index contributed by atoms with van der Waals surface area (Å²) in [5, 5.41) is 0. The highest BCUT2D eigenvalue weighted by molar-refractivity contribution is 6.19. The molecule has 0 bridgehead atoms. The Morgan fingerprint density at radius 2 is 1.81 bits per heavy atom. The van der Waals surface area contributed by atoms with E-state index in [-0.39, 0.29) is 11.7 Å². The fourth-order valence-corrected chi connectivity index (χ4v) is 2.39. The number of carbonyl (C=O) groups is 1. The highest BCUT2D eigenvalue weighted by Crippen LogP contribution is 2.26. The molecule has 1 heterocycles. The summed E-state index contributed by atoms with van der Waals surface area (Å²) in [4.78, 5) is 18.0. The Kier molecular flexibility index (Phi) is 3.27. The number of halogens is 1. The molecule has 0 aliphatic carbocycles. The molecule has 4 nitrogen and oxygen atoms in total. The number of benzene rings is 2. The number of rotatable bonds is 1. The number of carbonyl (C=O) groups excluding carboxylic acids is 1. The van der Waals surface area contributed by atoms with Gasteiger partial charge in [-0.15, -0.1) is 0 Å². The lowest BCUT2D eigenvalue weighted by molar-refractivity contribution is -0.119. The van der Waals surface area contributed by atoms with Crippen LogP contribution in [0, 0.1) is 5.82 Å². The molecule has 106 valence electrons. The van der Waals surface area contributed by atoms with Gasteiger partial charge in [-0.25, -0.2) is 4.39 Å². The third-order valence-corrected chi connectivity index (χ3v) is 3.49. The molecule has 1 aliphatic heterocycles. The summed E-state index contributed by atoms with van der Waals surface area (Å²) in [6.45, 7) is 0. The molecular formula is C16H14FN3O. The Morgan fingerprint density at radius 3 is 2.52 bits per heavy atom. The summed E-state index contributed by atoms with van der Waals surface area (Å²) in [7, 11) is 1.67. The normalized spacial score (nSPS) is 18.0. The number of amides is 1. The van der Waals surface area contributed by atoms with Crippen molar-refractivity contribution in [1.82, 2.24) is 0 Å². The predicted octanol–water partition coefficient (Wildman–Crippen LogP) is 1.92. The smallest absolute Gasteiger partial charge is 0.266 e. The van der Waals surface area contributed by atoms with Crippen LogP contribution in [0.2, 0.25) is 0 Å². The summed E-state index contributed by atoms with van der Waals surface area (Å²) in [6.07, 6.45) is -0.970. The van der Waals surface area contributed by atoms with Crippen molar-refractivity contribution in [2.45, 2.75) is 6.17 Å². The first-order valence-corrected chi connectivity index (χ1v) is 6.54. The first kappa shape index (κ1) is 13.5. The van der Waals surface area contributed by atoms with E-state index in [1.165, 1.54) is 17.0 Å². The van der Waals surface area contributed by atoms with Crippen molar-refractivity contribution in [3.05, 3.63) is 65.5 Å². The molecule has 0 spiro atoms. The fraction of sp³-hybridized carbons (Fsp3) is 0.125. The Balaban J connectivity index is 2.22. The summed E-state index contributed by atoms with van der Waals surface area (Å²) < 4.78 is 13.1. The zero-order valence-corrected chi connectivity index (χ0v) is 11.5. The molecule has 1 amide bonds. The molecule has 0 saturated carbocycles. The van der Waals surface area contributed by atoms with Crippen LogP contribution in [0.4, 0.5) is 10.1 Å². The van der Waals surface area contributed by atoms with E-state index in [4.69, 9.17) is 5.73 Å². The van der Waals surface area contributed by atoms with Crippen LogP contribution in [-0.4, -0.2) is 24.8 Å². The van der Waals surface area contributed by atoms with Gasteiger partial charge >= 0.3 is 0 Å². The number of benzodiazepines with no additional fused rings is 1. The van der Waals surface area contributed by atoms with E-state index >= 15 is 0 Å². The largest absolute Gasteiger partial charge is 0.312 e. The van der Waals surface area contributed by atoms with E-state index in [2.05, 4.69) is 4.99 Å². The van der Waals surface area contributed by atoms with Gasteiger partial charge in [0, 0.05) is 18.2 Å². The third-order valence-electron chi connectivity index (χ3n) is 3.49. The van der Waals surface area contributed by atoms with Crippen molar-refractivity contribution in [3.63, 3.8) is 0 Å². The van der Waals surface area contributed by atoms with Crippen LogP contribution < -0.4 is 10.6 Å². The first-order valence-electron chi connectivity index (χ1n) is 6.54. The molecule has 5 heteroatoms. The zero-order chi connectivity index (χ0) is 15.0. The van der Waals surface area contributed by atoms with Crippen molar-refractivity contribution in [3.8, 4) is 0 Å². The van der Waals surface area contributed by atoms with Crippen molar-refractivity contribution in [2.24, 2.45) is 10.7 Å². The maximum Gasteiger partial charge on any atom is 0.266 e. The Bertz CT molecular complexity index is 725. The van der Waals surface area contributed by atoms with Crippen LogP contribution in [0.1, 0.15) is 11.1 Å². The predicted molar refractivity (Wildman–Crippen MR) is 79.9 cm³/mol. The molecule has 2 aromatic carbocycles. The van der Waals surface area contributed by atoms with Crippen LogP contribution in [0.5, 0.6) is 0 Å². The number of fused-ring (bicyclic) bond motifs is 1. The third kappa shape index (κ3) is 2.32. The van der Waals surface area contributed by atoms with Gasteiger partial charge in [0.2, 0.25) is 0 Å². The van der Waals surface area contributed by atoms with Gasteiger partial charge in [0.15, 0.2) is 6.17 Å². The van der Waals surface area contributed by atoms with Gasteiger partial charge in [-0.2, -0.15) is 0 Å². The second-order valence-electron chi connectivity index (χ2n) is 4.84. The number of nitrogens with zero attached hydrogens (tertiary/aromatic N) is 2. The number of hydrogen-bond acceptors (Lipinski definition) is 3. The number of aliphatic imine (C=N–C) groups is 1. The van der Waals surface area contributed by atoms with E-state index in [0.717, 1.165) is 16.8 Å². The van der Waals surface area contributed by atoms with Crippen molar-refractivity contribution in [2.75, 3.05) is 11.9 Å². The van der Waals surface area contributed by atoms with Crippen LogP contribution in [0.15, 0.2) is 53.5 Å². The number of nitrogens with two attached hydrogens (primary N) is 1. The molecule has 0 radical (unpaired) electrons. The van der Waals surface area contributed by atoms with Crippen LogP contribution >= 0.6 is 0 Å². The SMILES string of the molecule is CN1C(=O)C(N)N=C(c2ccc(F)cc2)c2ccccc21. The highest BCUT2D eigenvalue weighted by atomic mass is 19.1. The lowest BCUT2D eigenvalue weighted by atomic mass is 10.0. The first-order chi connectivity index (χ1) is 10.1. The van der Waals surface area contributed by atoms with E-state index in [0.29, 0.717) is 5.71 Å². The minimum atomic E-state index is -0.970. The van der Waals surface area contributed by atoms with Crippen molar-refractivity contribution in [1.29, 1.82) is 0 Å². The van der Waals surface area contributed by atoms with Gasteiger partial charge in [0.25, 0.3) is 5.91 Å². The van der Waals surface area contributed by atoms with Gasteiger partial charge in [0.05, 0.1) is 11.4 Å². The van der Waals surface area contributed by atoms with Crippen LogP contribution in [0.25, 0.3) is 0 Å². The molecule has 21 heavy (non-hydrogen) atoms. The lowest BCUT2D eigenvalue weighted by Crippen LogP contribution is -2.39. The van der Waals surface area contributed by atoms with Crippen molar-refractivity contribution < 1.29 is 9.18 Å². The highest BCUT2D eigenvalue weighted by Gasteiger charge is 2.27. The molecular weight excluding hydrogens is 269 g/mol. The Labute approximate surface area is 121 Å². The average molecular weight is 283 g/mol. The molecule has 2 N–H and O–H groups in total. The number of likely N-dealkylation sites (N-methyl/N-ethyl adjacent to an activating group) is 1. The maximum absolute atomic E-state index is 13.1. The molecule has 1 aliphatic rings. The zero-order valence-electron chi connectivity index (χ0n) is 11.5. The molecule has 3 rings (SSSR count). The quantitative estimate of drug-likeness (QED) is 0.869. The average Bonchev–Trinajstić information content (AvgIpc) is 2.60. The van der Waals surface area contributed by atoms with Gasteiger partial charge in [-0.05, 0) is 30.3 Å². The molecule has 0 saturated heterocycles. The Morgan fingerprint density at radius 1 is 1.14 bits per heavy atom. The topological polar surface area (TPSA) is 58.7 Å². The molecule has 1 unspecified atom stereocenters. The summed E-state index contributed by atoms with van der Waals surface area (Å²) in [6, 6.07) is 13.4. The standard InChI is InChI=1S/C16H14FN3O/c1-20-13-5-3-2-4-12(13)14(19-15(18)16(20)21)10-6-8-11(17)9-7-10/h2-9,15H,18H2,1H3. The van der Waals surface area contributed by atoms with Gasteiger partial charge in [-0.1, -0.05) is 18.2 Å². The van der Waals surface area contributed by atoms with Gasteiger partial charge < -0.3 is 10.6 Å². The number of anilines is 1. The van der Waals surface area contributed by atoms with E-state index in [1.807, 2.05) is 24.3 Å². The molecule has 1 atom stereocenters. The Hall–Kier alpha value is -2.53. The van der Waals surface area contributed by atoms with Crippen molar-refractivity contribution >= 4 is 17.3 Å². The molecule has 2 aromatic rings. The monoisotopic (exact) mass is 283 g/mol. The summed E-state index contributed by atoms with van der Waals surface area (Å²) >= 11 is 0. The van der Waals surface area contributed by atoms with Crippen LogP contribution in [-0.2, 0) is 4.79 Å². The number of hydrogen-bond donors (Lipinski definition) is 1. The van der Waals surface area contributed by atoms with Crippen LogP contribution in [0.3, 0.4) is 0 Å². The minimum absolute atomic E-state index is 0.278. The summed E-state index contributed by atoms with van der Waals surface area (Å²) in [5.41, 5.74) is 8.70. The lowest BCUT2D eigenvalue weighted by Gasteiger charge is -2.18. The van der Waals surface area contributed by atoms with E-state index < -0.39 is 6.17 Å². The summed E-state index contributed by atoms with van der Waals surface area (Å²) in [5.74, 6) is -0.599. The van der Waals surface area contributed by atoms with E-state index in [1.54, 1.807) is 19.2 Å². The van der Waals surface area contributed by atoms with Gasteiger partial charge in [-0.3, -0.25) is 9.79 Å². The second-order valence-corrected chi connectivity index (χ2v) is 4.84. The van der Waals surface area contributed by atoms with E-state index in [9.17, 15) is 9.18 Å². The molecule has 0 fully saturated rings. The number of para-hydroxylation sites is 1. The maximum atomic E-state index is 13.1.